The highest BCUT2D eigenvalue weighted by atomic mass is 16.6. The maximum absolute atomic E-state index is 5.41. The van der Waals surface area contributed by atoms with Crippen molar-refractivity contribution in [1.29, 1.82) is 0 Å². The van der Waals surface area contributed by atoms with Crippen LogP contribution in [0.25, 0.3) is 5.57 Å². The molecule has 0 amide bonds. The summed E-state index contributed by atoms with van der Waals surface area (Å²) in [4.78, 5) is 19.2. The highest BCUT2D eigenvalue weighted by molar-refractivity contribution is 5.97. The van der Waals surface area contributed by atoms with Gasteiger partial charge in [-0.3, -0.25) is 4.98 Å². The lowest BCUT2D eigenvalue weighted by Gasteiger charge is -2.07. The molecule has 0 spiro atoms. The van der Waals surface area contributed by atoms with Crippen LogP contribution >= 0.6 is 0 Å². The molecule has 0 aromatic carbocycles. The van der Waals surface area contributed by atoms with Gasteiger partial charge in [0.2, 0.25) is 0 Å². The van der Waals surface area contributed by atoms with Crippen molar-refractivity contribution in [3.05, 3.63) is 65.8 Å². The minimum atomic E-state index is 0.416. The second kappa shape index (κ2) is 9.46. The van der Waals surface area contributed by atoms with E-state index in [2.05, 4.69) is 26.9 Å². The highest BCUT2D eigenvalue weighted by Crippen LogP contribution is 2.15. The summed E-state index contributed by atoms with van der Waals surface area (Å²) in [6, 6.07) is 11.5. The molecule has 0 bridgehead atoms. The molecule has 26 heavy (non-hydrogen) atoms. The first-order valence-corrected chi connectivity index (χ1v) is 8.35. The van der Waals surface area contributed by atoms with E-state index in [4.69, 9.17) is 9.68 Å². The summed E-state index contributed by atoms with van der Waals surface area (Å²) in [6.07, 6.45) is 0.620. The zero-order valence-electron chi connectivity index (χ0n) is 15.7. The van der Waals surface area contributed by atoms with Gasteiger partial charge in [-0.05, 0) is 50.6 Å². The summed E-state index contributed by atoms with van der Waals surface area (Å²) >= 11 is 0. The van der Waals surface area contributed by atoms with Crippen LogP contribution in [0.2, 0.25) is 0 Å². The molecule has 6 nitrogen and oxygen atoms in total. The van der Waals surface area contributed by atoms with Crippen molar-refractivity contribution in [2.24, 2.45) is 10.3 Å². The molecule has 0 N–H and O–H groups in total. The van der Waals surface area contributed by atoms with E-state index in [0.717, 1.165) is 34.1 Å². The number of aryl methyl sites for hydroxylation is 1. The van der Waals surface area contributed by atoms with E-state index in [9.17, 15) is 0 Å². The Morgan fingerprint density at radius 2 is 1.58 bits per heavy atom. The Labute approximate surface area is 154 Å². The summed E-state index contributed by atoms with van der Waals surface area (Å²) in [5, 5.41) is 8.03. The minimum absolute atomic E-state index is 0.416. The Morgan fingerprint density at radius 3 is 2.27 bits per heavy atom. The van der Waals surface area contributed by atoms with Crippen LogP contribution in [0.4, 0.5) is 0 Å². The van der Waals surface area contributed by atoms with Crippen LogP contribution in [0.5, 0.6) is 0 Å². The molecule has 6 heteroatoms. The van der Waals surface area contributed by atoms with Crippen LogP contribution in [-0.4, -0.2) is 35.1 Å². The molecule has 0 saturated carbocycles. The second-order valence-corrected chi connectivity index (χ2v) is 5.80. The van der Waals surface area contributed by atoms with Gasteiger partial charge in [-0.1, -0.05) is 29.0 Å². The lowest BCUT2D eigenvalue weighted by atomic mass is 10.1. The minimum Gasteiger partial charge on any atom is -0.399 e. The number of hydrogen-bond donors (Lipinski definition) is 0. The van der Waals surface area contributed by atoms with Gasteiger partial charge in [0.15, 0.2) is 0 Å². The number of nitrogens with zero attached hydrogens (tertiary/aromatic N) is 4. The Kier molecular flexibility index (Phi) is 7.02. The zero-order valence-corrected chi connectivity index (χ0v) is 15.7. The molecule has 0 radical (unpaired) electrons. The predicted octanol–water partition coefficient (Wildman–Crippen LogP) is 4.00. The van der Waals surface area contributed by atoms with Gasteiger partial charge in [-0.25, -0.2) is 4.98 Å². The molecule has 0 unspecified atom stereocenters. The van der Waals surface area contributed by atoms with E-state index in [1.165, 1.54) is 7.11 Å². The molecular formula is C20H24N4O2. The van der Waals surface area contributed by atoms with E-state index in [1.54, 1.807) is 0 Å². The summed E-state index contributed by atoms with van der Waals surface area (Å²) in [5.74, 6) is 0. The number of aromatic nitrogens is 2. The molecule has 2 aromatic heterocycles. The number of hydrogen-bond acceptors (Lipinski definition) is 6. The third-order valence-corrected chi connectivity index (χ3v) is 3.67. The van der Waals surface area contributed by atoms with Gasteiger partial charge in [0.05, 0.1) is 17.1 Å². The average Bonchev–Trinajstić information content (AvgIpc) is 2.65. The van der Waals surface area contributed by atoms with Gasteiger partial charge >= 0.3 is 0 Å². The van der Waals surface area contributed by atoms with Gasteiger partial charge in [0, 0.05) is 12.1 Å². The van der Waals surface area contributed by atoms with Crippen molar-refractivity contribution in [2.45, 2.75) is 27.2 Å². The van der Waals surface area contributed by atoms with Gasteiger partial charge in [-0.2, -0.15) is 0 Å². The lowest BCUT2D eigenvalue weighted by molar-refractivity contribution is 0.150. The molecule has 2 aromatic rings. The van der Waals surface area contributed by atoms with Crippen molar-refractivity contribution in [3.63, 3.8) is 0 Å². The maximum Gasteiger partial charge on any atom is 0.121 e. The Bertz CT molecular complexity index is 828. The second-order valence-electron chi connectivity index (χ2n) is 5.80. The highest BCUT2D eigenvalue weighted by Gasteiger charge is 2.06. The number of oxime groups is 2. The summed E-state index contributed by atoms with van der Waals surface area (Å²) in [6.45, 7) is 10.2. The van der Waals surface area contributed by atoms with E-state index in [-0.39, 0.29) is 0 Å². The molecule has 0 atom stereocenters. The molecule has 0 saturated heterocycles. The predicted molar refractivity (Wildman–Crippen MR) is 104 cm³/mol. The van der Waals surface area contributed by atoms with E-state index < -0.39 is 0 Å². The van der Waals surface area contributed by atoms with E-state index in [1.807, 2.05) is 57.2 Å². The average molecular weight is 352 g/mol. The third kappa shape index (κ3) is 5.51. The van der Waals surface area contributed by atoms with Crippen molar-refractivity contribution in [2.75, 3.05) is 13.7 Å². The summed E-state index contributed by atoms with van der Waals surface area (Å²) in [5.41, 5.74) is 5.65. The molecule has 2 rings (SSSR count). The standard InChI is InChI=1S/C20H24N4O2/c1-14(18-9-7-11-20(22-18)16(3)23-25-5)12-13-26-24-17(4)19-10-6-8-15(2)21-19/h6-11H,1,12-13H2,2-5H3/b23-16+,24-17+. The van der Waals surface area contributed by atoms with Crippen molar-refractivity contribution >= 4 is 17.0 Å². The molecule has 0 fully saturated rings. The van der Waals surface area contributed by atoms with Crippen LogP contribution in [0.15, 0.2) is 53.3 Å². The molecule has 2 heterocycles. The van der Waals surface area contributed by atoms with Crippen molar-refractivity contribution in [3.8, 4) is 0 Å². The van der Waals surface area contributed by atoms with E-state index >= 15 is 0 Å². The smallest absolute Gasteiger partial charge is 0.121 e. The normalized spacial score (nSPS) is 12.0. The quantitative estimate of drug-likeness (QED) is 0.409. The van der Waals surface area contributed by atoms with Gasteiger partial charge in [-0.15, -0.1) is 0 Å². The topological polar surface area (TPSA) is 69.0 Å². The Morgan fingerprint density at radius 1 is 0.962 bits per heavy atom. The van der Waals surface area contributed by atoms with E-state index in [0.29, 0.717) is 18.7 Å². The van der Waals surface area contributed by atoms with Crippen molar-refractivity contribution in [1.82, 2.24) is 9.97 Å². The first-order chi connectivity index (χ1) is 12.5. The largest absolute Gasteiger partial charge is 0.399 e. The fraction of sp³-hybridized carbons (Fsp3) is 0.300. The van der Waals surface area contributed by atoms with Gasteiger partial charge < -0.3 is 9.68 Å². The zero-order chi connectivity index (χ0) is 18.9. The first kappa shape index (κ1) is 19.3. The van der Waals surface area contributed by atoms with Gasteiger partial charge in [0.25, 0.3) is 0 Å². The maximum atomic E-state index is 5.41. The number of rotatable bonds is 8. The van der Waals surface area contributed by atoms with Crippen LogP contribution in [-0.2, 0) is 9.68 Å². The van der Waals surface area contributed by atoms with Crippen LogP contribution in [0.1, 0.15) is 43.0 Å². The molecular weight excluding hydrogens is 328 g/mol. The Balaban J connectivity index is 1.92. The lowest BCUT2D eigenvalue weighted by Crippen LogP contribution is -2.03. The van der Waals surface area contributed by atoms with Crippen LogP contribution in [0.3, 0.4) is 0 Å². The molecule has 136 valence electrons. The van der Waals surface area contributed by atoms with Gasteiger partial charge in [0.1, 0.15) is 25.1 Å². The fourth-order valence-electron chi connectivity index (χ4n) is 2.25. The summed E-state index contributed by atoms with van der Waals surface area (Å²) in [7, 11) is 1.51. The van der Waals surface area contributed by atoms with Crippen molar-refractivity contribution < 1.29 is 9.68 Å². The third-order valence-electron chi connectivity index (χ3n) is 3.67. The molecule has 0 aliphatic rings. The monoisotopic (exact) mass is 352 g/mol. The SMILES string of the molecule is C=C(CCO/N=C(\C)c1cccc(C)n1)c1cccc(/C(C)=N/OC)n1. The summed E-state index contributed by atoms with van der Waals surface area (Å²) < 4.78 is 0. The fourth-order valence-corrected chi connectivity index (χ4v) is 2.25. The molecule has 0 aliphatic heterocycles. The number of pyridine rings is 2. The Hall–Kier alpha value is -3.02. The first-order valence-electron chi connectivity index (χ1n) is 8.35. The van der Waals surface area contributed by atoms with Crippen LogP contribution < -0.4 is 0 Å². The van der Waals surface area contributed by atoms with Crippen LogP contribution in [0, 0.1) is 6.92 Å². The molecule has 0 aliphatic carbocycles.